The van der Waals surface area contributed by atoms with E-state index in [-0.39, 0.29) is 23.9 Å². The largest absolute Gasteiger partial charge is 0.540 e. The molecule has 52 heavy (non-hydrogen) atoms. The molecular weight excluding hydrogens is 709 g/mol. The molecule has 0 aliphatic carbocycles. The molecule has 0 radical (unpaired) electrons. The number of hydrogen-bond donors (Lipinski definition) is 6. The smallest absolute Gasteiger partial charge is 0.410 e. The summed E-state index contributed by atoms with van der Waals surface area (Å²) in [6, 6.07) is 8.65. The molecular formula is C34H54BN6O9P2+. The Hall–Kier alpha value is -2.94. The van der Waals surface area contributed by atoms with Crippen LogP contribution in [0.15, 0.2) is 48.9 Å². The highest BCUT2D eigenvalue weighted by Crippen LogP contribution is 2.42. The van der Waals surface area contributed by atoms with Gasteiger partial charge >= 0.3 is 20.7 Å². The van der Waals surface area contributed by atoms with E-state index in [1.165, 1.54) is 18.6 Å². The van der Waals surface area contributed by atoms with Crippen molar-refractivity contribution in [2.75, 3.05) is 32.8 Å². The van der Waals surface area contributed by atoms with Crippen LogP contribution < -0.4 is 16.0 Å². The second-order valence-corrected chi connectivity index (χ2v) is 16.0. The van der Waals surface area contributed by atoms with Crippen LogP contribution in [0, 0.1) is 5.92 Å². The topological polar surface area (TPSA) is 213 Å². The van der Waals surface area contributed by atoms with Crippen molar-refractivity contribution in [2.24, 2.45) is 5.92 Å². The predicted octanol–water partition coefficient (Wildman–Crippen LogP) is 3.28. The summed E-state index contributed by atoms with van der Waals surface area (Å²) in [5.41, 5.74) is -0.494. The van der Waals surface area contributed by atoms with Gasteiger partial charge in [0.2, 0.25) is 20.2 Å². The highest BCUT2D eigenvalue weighted by molar-refractivity contribution is 7.61. The molecule has 1 saturated heterocycles. The Morgan fingerprint density at radius 3 is 2.25 bits per heavy atom. The lowest BCUT2D eigenvalue weighted by atomic mass is 9.73. The van der Waals surface area contributed by atoms with Gasteiger partial charge in [-0.15, -0.1) is 0 Å². The zero-order valence-corrected chi connectivity index (χ0v) is 31.9. The summed E-state index contributed by atoms with van der Waals surface area (Å²) in [6.07, 6.45) is 11.3. The molecule has 0 bridgehead atoms. The summed E-state index contributed by atoms with van der Waals surface area (Å²) >= 11 is 0. The molecule has 18 heteroatoms. The third kappa shape index (κ3) is 16.8. The van der Waals surface area contributed by atoms with E-state index in [4.69, 9.17) is 14.2 Å². The van der Waals surface area contributed by atoms with E-state index in [0.717, 1.165) is 63.7 Å². The summed E-state index contributed by atoms with van der Waals surface area (Å²) in [4.78, 5) is 76.7. The third-order valence-electron chi connectivity index (χ3n) is 8.48. The summed E-state index contributed by atoms with van der Waals surface area (Å²) in [5.74, 6) is -1.47. The van der Waals surface area contributed by atoms with Gasteiger partial charge in [-0.2, -0.15) is 4.89 Å². The summed E-state index contributed by atoms with van der Waals surface area (Å²) in [6.45, 7) is 7.75. The first-order valence-electron chi connectivity index (χ1n) is 18.0. The molecule has 1 aliphatic rings. The van der Waals surface area contributed by atoms with Crippen LogP contribution in [0.25, 0.3) is 0 Å². The molecule has 2 heterocycles. The van der Waals surface area contributed by atoms with Gasteiger partial charge in [-0.1, -0.05) is 63.4 Å². The van der Waals surface area contributed by atoms with Crippen molar-refractivity contribution in [3.05, 3.63) is 60.2 Å². The normalized spacial score (nSPS) is 16.5. The molecule has 3 rings (SSSR count). The number of nitrogens with zero attached hydrogens (tertiary/aromatic N) is 3. The number of amides is 3. The lowest BCUT2D eigenvalue weighted by molar-refractivity contribution is -0.123. The van der Waals surface area contributed by atoms with E-state index in [1.807, 2.05) is 30.3 Å². The van der Waals surface area contributed by atoms with Crippen LogP contribution in [-0.4, -0.2) is 105 Å². The third-order valence-corrected chi connectivity index (χ3v) is 10.8. The van der Waals surface area contributed by atoms with E-state index >= 15 is 0 Å². The van der Waals surface area contributed by atoms with Gasteiger partial charge in [-0.25, -0.2) is 4.98 Å². The van der Waals surface area contributed by atoms with Crippen molar-refractivity contribution in [3.63, 3.8) is 0 Å². The SMILES string of the molecule is CC(C)C[C@@H](NC(=O)[C@@H](Cc1ccccc1)NC(=O)c1cnccn1)B1OCCCN(CCCCCCCC(=O)NC(P(O)O)[P+](=O)O)CCCO1. The summed E-state index contributed by atoms with van der Waals surface area (Å²) in [7, 11) is -6.27. The van der Waals surface area contributed by atoms with Gasteiger partial charge in [-0.3, -0.25) is 19.4 Å². The highest BCUT2D eigenvalue weighted by Gasteiger charge is 2.38. The van der Waals surface area contributed by atoms with Crippen LogP contribution in [-0.2, 0) is 29.9 Å². The molecule has 15 nitrogen and oxygen atoms in total. The molecule has 1 aliphatic heterocycles. The molecule has 2 unspecified atom stereocenters. The van der Waals surface area contributed by atoms with Gasteiger partial charge in [0.05, 0.1) is 12.1 Å². The van der Waals surface area contributed by atoms with Gasteiger partial charge in [0.1, 0.15) is 11.7 Å². The Balaban J connectivity index is 1.46. The Morgan fingerprint density at radius 1 is 0.962 bits per heavy atom. The summed E-state index contributed by atoms with van der Waals surface area (Å²) < 4.78 is 23.7. The van der Waals surface area contributed by atoms with Crippen molar-refractivity contribution in [2.45, 2.75) is 95.6 Å². The van der Waals surface area contributed by atoms with Crippen molar-refractivity contribution < 1.29 is 42.9 Å². The number of carbonyl (C=O) groups is 3. The molecule has 4 atom stereocenters. The average Bonchev–Trinajstić information content (AvgIpc) is 3.12. The second-order valence-electron chi connectivity index (χ2n) is 13.3. The van der Waals surface area contributed by atoms with E-state index in [9.17, 15) is 28.7 Å². The molecule has 1 fully saturated rings. The molecule has 6 N–H and O–H groups in total. The zero-order chi connectivity index (χ0) is 37.7. The van der Waals surface area contributed by atoms with Gasteiger partial charge < -0.3 is 39.9 Å². The molecule has 2 aromatic rings. The molecule has 0 saturated carbocycles. The van der Waals surface area contributed by atoms with E-state index < -0.39 is 52.8 Å². The van der Waals surface area contributed by atoms with E-state index in [1.54, 1.807) is 0 Å². The monoisotopic (exact) mass is 763 g/mol. The maximum absolute atomic E-state index is 13.8. The first-order valence-corrected chi connectivity index (χ1v) is 20.6. The predicted molar refractivity (Wildman–Crippen MR) is 199 cm³/mol. The van der Waals surface area contributed by atoms with Gasteiger partial charge in [0.25, 0.3) is 5.91 Å². The molecule has 1 aromatic carbocycles. The maximum Gasteiger partial charge on any atom is 0.540 e. The standard InChI is InChI=1S/C34H53BN6O9P2/c1-26(2)23-30(39-32(43)28(24-27-13-7-6-8-14-27)38-33(44)29-25-36-16-17-37-29)35-49-21-11-19-41(20-12-22-50-35)18-10-5-3-4-9-15-31(42)40-34(51(45)46)52(47)48/h6-8,13-14,16-17,25-26,28,30,34,45-46H,3-5,9-12,15,18-24H2,1-2H3,(H3-,38,39,40,42,43,44,47,48)/p+1/t28-,30-,34?/m1/s1. The van der Waals surface area contributed by atoms with Crippen LogP contribution in [0.3, 0.4) is 0 Å². The average molecular weight is 764 g/mol. The lowest BCUT2D eigenvalue weighted by Gasteiger charge is -2.30. The Labute approximate surface area is 309 Å². The van der Waals surface area contributed by atoms with Crippen molar-refractivity contribution in [3.8, 4) is 0 Å². The van der Waals surface area contributed by atoms with E-state index in [0.29, 0.717) is 32.5 Å². The van der Waals surface area contributed by atoms with Crippen LogP contribution in [0.5, 0.6) is 0 Å². The molecule has 0 spiro atoms. The van der Waals surface area contributed by atoms with Crippen LogP contribution in [0.1, 0.15) is 87.7 Å². The number of aromatic nitrogens is 2. The number of nitrogens with one attached hydrogen (secondary N) is 3. The number of carbonyl (C=O) groups excluding carboxylic acids is 3. The Morgan fingerprint density at radius 2 is 1.63 bits per heavy atom. The lowest BCUT2D eigenvalue weighted by Crippen LogP contribution is -2.56. The first-order chi connectivity index (χ1) is 25.0. The molecule has 1 aromatic heterocycles. The maximum atomic E-state index is 13.8. The van der Waals surface area contributed by atoms with Crippen LogP contribution in [0.2, 0.25) is 0 Å². The van der Waals surface area contributed by atoms with Gasteiger partial charge in [-0.05, 0) is 54.7 Å². The summed E-state index contributed by atoms with van der Waals surface area (Å²) in [5, 5.41) is 8.22. The number of rotatable bonds is 20. The molecule has 3 amide bonds. The minimum absolute atomic E-state index is 0.125. The first kappa shape index (κ1) is 43.5. The highest BCUT2D eigenvalue weighted by atomic mass is 31.2. The molecule has 286 valence electrons. The van der Waals surface area contributed by atoms with Crippen molar-refractivity contribution in [1.82, 2.24) is 30.8 Å². The second kappa shape index (κ2) is 24.4. The number of benzene rings is 1. The van der Waals surface area contributed by atoms with Crippen molar-refractivity contribution in [1.29, 1.82) is 0 Å². The van der Waals surface area contributed by atoms with Gasteiger partial charge in [0.15, 0.2) is 0 Å². The van der Waals surface area contributed by atoms with Gasteiger partial charge in [0, 0.05) is 51.5 Å². The quantitative estimate of drug-likeness (QED) is 0.0652. The fourth-order valence-electron chi connectivity index (χ4n) is 5.90. The van der Waals surface area contributed by atoms with Crippen molar-refractivity contribution >= 4 is 41.2 Å². The fraction of sp³-hybridized carbons (Fsp3) is 0.618. The fourth-order valence-corrected chi connectivity index (χ4v) is 7.12. The van der Waals surface area contributed by atoms with Crippen LogP contribution >= 0.6 is 16.4 Å². The Bertz CT molecular complexity index is 1360. The van der Waals surface area contributed by atoms with E-state index in [2.05, 4.69) is 44.7 Å². The minimum Gasteiger partial charge on any atom is -0.410 e. The zero-order valence-electron chi connectivity index (χ0n) is 30.1. The Kier molecular flexibility index (Phi) is 20.4. The van der Waals surface area contributed by atoms with Crippen LogP contribution in [0.4, 0.5) is 0 Å². The number of hydrogen-bond acceptors (Lipinski definition) is 11. The number of unbranched alkanes of at least 4 members (excludes halogenated alkanes) is 4. The minimum atomic E-state index is -2.91.